The number of alkyl halides is 3. The summed E-state index contributed by atoms with van der Waals surface area (Å²) in [7, 11) is 0. The third kappa shape index (κ3) is 5.91. The summed E-state index contributed by atoms with van der Waals surface area (Å²) in [6.45, 7) is 5.75. The lowest BCUT2D eigenvalue weighted by Gasteiger charge is -2.32. The van der Waals surface area contributed by atoms with Crippen LogP contribution in [0.4, 0.5) is 13.2 Å². The number of amides is 1. The predicted molar refractivity (Wildman–Crippen MR) is 60.4 cm³/mol. The van der Waals surface area contributed by atoms with Crippen LogP contribution >= 0.6 is 0 Å². The van der Waals surface area contributed by atoms with E-state index in [4.69, 9.17) is 5.73 Å². The van der Waals surface area contributed by atoms with Gasteiger partial charge in [0, 0.05) is 6.54 Å². The lowest BCUT2D eigenvalue weighted by Crippen LogP contribution is -2.52. The molecule has 0 aliphatic heterocycles. The molecule has 1 atom stereocenters. The molecule has 0 saturated heterocycles. The molecule has 0 fully saturated rings. The molecule has 0 aliphatic carbocycles. The van der Waals surface area contributed by atoms with E-state index in [0.29, 0.717) is 6.42 Å². The molecule has 0 aliphatic rings. The van der Waals surface area contributed by atoms with Crippen LogP contribution in [0.2, 0.25) is 0 Å². The van der Waals surface area contributed by atoms with E-state index in [2.05, 4.69) is 0 Å². The summed E-state index contributed by atoms with van der Waals surface area (Å²) in [6, 6.07) is -0.920. The van der Waals surface area contributed by atoms with Crippen LogP contribution in [0.25, 0.3) is 0 Å². The van der Waals surface area contributed by atoms with Gasteiger partial charge in [0.1, 0.15) is 6.54 Å². The minimum atomic E-state index is -4.39. The first kappa shape index (κ1) is 16.2. The summed E-state index contributed by atoms with van der Waals surface area (Å²) < 4.78 is 36.9. The first-order chi connectivity index (χ1) is 7.49. The van der Waals surface area contributed by atoms with Crippen molar-refractivity contribution in [3.8, 4) is 0 Å². The van der Waals surface area contributed by atoms with Gasteiger partial charge in [0.15, 0.2) is 0 Å². The van der Waals surface area contributed by atoms with Crippen LogP contribution in [-0.2, 0) is 4.79 Å². The van der Waals surface area contributed by atoms with Gasteiger partial charge in [0.2, 0.25) is 5.91 Å². The van der Waals surface area contributed by atoms with Crippen LogP contribution in [0.3, 0.4) is 0 Å². The Hall–Kier alpha value is -0.780. The van der Waals surface area contributed by atoms with Crippen molar-refractivity contribution >= 4 is 5.91 Å². The van der Waals surface area contributed by atoms with Gasteiger partial charge in [-0.05, 0) is 11.8 Å². The van der Waals surface area contributed by atoms with Crippen LogP contribution in [-0.4, -0.2) is 36.1 Å². The van der Waals surface area contributed by atoms with Crippen molar-refractivity contribution in [2.45, 2.75) is 46.3 Å². The van der Waals surface area contributed by atoms with Crippen molar-refractivity contribution in [3.63, 3.8) is 0 Å². The lowest BCUT2D eigenvalue weighted by molar-refractivity contribution is -0.163. The van der Waals surface area contributed by atoms with E-state index in [1.807, 2.05) is 0 Å². The number of carbonyl (C=O) groups is 1. The Kier molecular flexibility index (Phi) is 5.45. The third-order valence-corrected chi connectivity index (χ3v) is 2.37. The fourth-order valence-corrected chi connectivity index (χ4v) is 1.32. The first-order valence-corrected chi connectivity index (χ1v) is 5.60. The third-order valence-electron chi connectivity index (χ3n) is 2.37. The number of nitrogens with zero attached hydrogens (tertiary/aromatic N) is 1. The topological polar surface area (TPSA) is 46.3 Å². The Morgan fingerprint density at radius 3 is 2.06 bits per heavy atom. The molecule has 17 heavy (non-hydrogen) atoms. The quantitative estimate of drug-likeness (QED) is 0.835. The normalized spacial score (nSPS) is 14.6. The minimum absolute atomic E-state index is 0.0716. The average Bonchev–Trinajstić information content (AvgIpc) is 2.11. The maximum absolute atomic E-state index is 12.3. The number of halogens is 3. The molecule has 0 aromatic rings. The smallest absolute Gasteiger partial charge is 0.332 e. The molecule has 0 unspecified atom stereocenters. The Morgan fingerprint density at radius 1 is 1.29 bits per heavy atom. The Morgan fingerprint density at radius 2 is 1.76 bits per heavy atom. The van der Waals surface area contributed by atoms with Crippen molar-refractivity contribution in [1.29, 1.82) is 0 Å². The molecule has 0 heterocycles. The van der Waals surface area contributed by atoms with Crippen molar-refractivity contribution in [3.05, 3.63) is 0 Å². The molecule has 0 radical (unpaired) electrons. The van der Waals surface area contributed by atoms with Gasteiger partial charge in [-0.15, -0.1) is 0 Å². The van der Waals surface area contributed by atoms with E-state index < -0.39 is 30.1 Å². The van der Waals surface area contributed by atoms with Gasteiger partial charge in [-0.2, -0.15) is 13.2 Å². The fraction of sp³-hybridized carbons (Fsp3) is 0.909. The second-order valence-electron chi connectivity index (χ2n) is 5.22. The summed E-state index contributed by atoms with van der Waals surface area (Å²) in [5.41, 5.74) is 5.14. The maximum atomic E-state index is 12.3. The van der Waals surface area contributed by atoms with E-state index in [1.165, 1.54) is 0 Å². The number of hydrogen-bond donors (Lipinski definition) is 1. The Balaban J connectivity index is 4.77. The van der Waals surface area contributed by atoms with Crippen LogP contribution in [0.1, 0.15) is 34.1 Å². The summed E-state index contributed by atoms with van der Waals surface area (Å²) in [4.78, 5) is 12.6. The minimum Gasteiger partial charge on any atom is -0.332 e. The highest BCUT2D eigenvalue weighted by Gasteiger charge is 2.37. The average molecular weight is 254 g/mol. The van der Waals surface area contributed by atoms with Crippen molar-refractivity contribution < 1.29 is 18.0 Å². The molecule has 0 saturated carbocycles. The Bertz CT molecular complexity index is 258. The van der Waals surface area contributed by atoms with E-state index >= 15 is 0 Å². The van der Waals surface area contributed by atoms with Gasteiger partial charge in [0.25, 0.3) is 0 Å². The first-order valence-electron chi connectivity index (χ1n) is 5.60. The second-order valence-corrected chi connectivity index (χ2v) is 5.22. The SMILES string of the molecule is CCCN(CC(F)(F)F)C(=O)[C@@H](N)C(C)(C)C. The Labute approximate surface area is 100 Å². The summed E-state index contributed by atoms with van der Waals surface area (Å²) >= 11 is 0. The molecule has 102 valence electrons. The number of rotatable bonds is 4. The number of carbonyl (C=O) groups excluding carboxylic acids is 1. The highest BCUT2D eigenvalue weighted by atomic mass is 19.4. The zero-order chi connectivity index (χ0) is 13.9. The van der Waals surface area contributed by atoms with E-state index in [-0.39, 0.29) is 6.54 Å². The van der Waals surface area contributed by atoms with E-state index in [9.17, 15) is 18.0 Å². The van der Waals surface area contributed by atoms with Gasteiger partial charge in [-0.3, -0.25) is 4.79 Å². The molecule has 0 rings (SSSR count). The van der Waals surface area contributed by atoms with Gasteiger partial charge in [-0.1, -0.05) is 27.7 Å². The standard InChI is InChI=1S/C11H21F3N2O/c1-5-6-16(7-11(12,13)14)9(17)8(15)10(2,3)4/h8H,5-7,15H2,1-4H3/t8-/m1/s1. The van der Waals surface area contributed by atoms with Crippen molar-refractivity contribution in [2.24, 2.45) is 11.1 Å². The summed E-state index contributed by atoms with van der Waals surface area (Å²) in [6.07, 6.45) is -3.92. The van der Waals surface area contributed by atoms with Gasteiger partial charge >= 0.3 is 6.18 Å². The highest BCUT2D eigenvalue weighted by molar-refractivity contribution is 5.82. The molecule has 1 amide bonds. The molecular weight excluding hydrogens is 233 g/mol. The maximum Gasteiger partial charge on any atom is 0.406 e. The molecule has 0 bridgehead atoms. The van der Waals surface area contributed by atoms with Gasteiger partial charge in [-0.25, -0.2) is 0 Å². The van der Waals surface area contributed by atoms with Crippen LogP contribution in [0.15, 0.2) is 0 Å². The fourth-order valence-electron chi connectivity index (χ4n) is 1.32. The summed E-state index contributed by atoms with van der Waals surface area (Å²) in [5.74, 6) is -0.642. The monoisotopic (exact) mass is 254 g/mol. The predicted octanol–water partition coefficient (Wildman–Crippen LogP) is 2.16. The van der Waals surface area contributed by atoms with Gasteiger partial charge in [0.05, 0.1) is 6.04 Å². The molecular formula is C11H21F3N2O. The number of nitrogens with two attached hydrogens (primary N) is 1. The molecule has 0 aromatic carbocycles. The van der Waals surface area contributed by atoms with Crippen molar-refractivity contribution in [1.82, 2.24) is 4.90 Å². The van der Waals surface area contributed by atoms with Crippen LogP contribution in [0, 0.1) is 5.41 Å². The zero-order valence-corrected chi connectivity index (χ0v) is 10.8. The largest absolute Gasteiger partial charge is 0.406 e. The van der Waals surface area contributed by atoms with Gasteiger partial charge < -0.3 is 10.6 Å². The van der Waals surface area contributed by atoms with Crippen LogP contribution in [0.5, 0.6) is 0 Å². The molecule has 3 nitrogen and oxygen atoms in total. The zero-order valence-electron chi connectivity index (χ0n) is 10.8. The number of hydrogen-bond acceptors (Lipinski definition) is 2. The van der Waals surface area contributed by atoms with Crippen molar-refractivity contribution in [2.75, 3.05) is 13.1 Å². The summed E-state index contributed by atoms with van der Waals surface area (Å²) in [5, 5.41) is 0. The van der Waals surface area contributed by atoms with E-state index in [0.717, 1.165) is 4.90 Å². The van der Waals surface area contributed by atoms with Crippen LogP contribution < -0.4 is 5.73 Å². The molecule has 0 spiro atoms. The molecule has 2 N–H and O–H groups in total. The lowest BCUT2D eigenvalue weighted by atomic mass is 9.86. The molecule has 6 heteroatoms. The highest BCUT2D eigenvalue weighted by Crippen LogP contribution is 2.22. The van der Waals surface area contributed by atoms with E-state index in [1.54, 1.807) is 27.7 Å². The molecule has 0 aromatic heterocycles. The second kappa shape index (κ2) is 5.71.